The van der Waals surface area contributed by atoms with Crippen LogP contribution in [0.2, 0.25) is 5.02 Å². The van der Waals surface area contributed by atoms with Gasteiger partial charge in [0.15, 0.2) is 11.5 Å². The number of furan rings is 1. The lowest BCUT2D eigenvalue weighted by molar-refractivity contribution is -0.129. The third kappa shape index (κ3) is 4.45. The Kier molecular flexibility index (Phi) is 7.00. The number of aliphatic hydroxyl groups excluding tert-OH is 1. The van der Waals surface area contributed by atoms with Crippen molar-refractivity contribution in [2.75, 3.05) is 26.2 Å². The predicted octanol–water partition coefficient (Wildman–Crippen LogP) is 4.55. The summed E-state index contributed by atoms with van der Waals surface area (Å²) in [6.07, 6.45) is 0.721. The summed E-state index contributed by atoms with van der Waals surface area (Å²) in [5.74, 6) is -0.893. The van der Waals surface area contributed by atoms with E-state index in [1.54, 1.807) is 48.2 Å². The Morgan fingerprint density at radius 2 is 1.97 bits per heavy atom. The lowest BCUT2D eigenvalue weighted by Gasteiger charge is -2.28. The molecule has 0 saturated carbocycles. The largest absolute Gasteiger partial charge is 0.503 e. The summed E-state index contributed by atoms with van der Waals surface area (Å²) in [6, 6.07) is 9.54. The zero-order valence-electron chi connectivity index (χ0n) is 17.5. The molecule has 160 valence electrons. The first-order valence-corrected chi connectivity index (χ1v) is 10.6. The summed E-state index contributed by atoms with van der Waals surface area (Å²) < 4.78 is 5.47. The summed E-state index contributed by atoms with van der Waals surface area (Å²) in [4.78, 5) is 29.9. The number of rotatable bonds is 9. The maximum atomic E-state index is 13.2. The topological polar surface area (TPSA) is 74.0 Å². The van der Waals surface area contributed by atoms with E-state index in [0.717, 1.165) is 26.1 Å². The Morgan fingerprint density at radius 3 is 2.57 bits per heavy atom. The monoisotopic (exact) mass is 430 g/mol. The van der Waals surface area contributed by atoms with Gasteiger partial charge in [-0.05, 0) is 62.8 Å². The lowest BCUT2D eigenvalue weighted by atomic mass is 9.95. The number of aliphatic hydroxyl groups is 1. The van der Waals surface area contributed by atoms with Gasteiger partial charge in [-0.2, -0.15) is 0 Å². The molecule has 0 aliphatic carbocycles. The number of halogens is 1. The van der Waals surface area contributed by atoms with Crippen LogP contribution in [0.1, 0.15) is 48.2 Å². The number of carbonyl (C=O) groups is 2. The van der Waals surface area contributed by atoms with E-state index in [9.17, 15) is 14.7 Å². The molecule has 0 radical (unpaired) electrons. The molecule has 1 atom stereocenters. The van der Waals surface area contributed by atoms with Crippen molar-refractivity contribution < 1.29 is 19.1 Å². The number of hydrogen-bond donors (Lipinski definition) is 1. The SMILES string of the molecule is CCN(CC)CCCN1C(=O)C(O)=C(C(=O)c2ccc(C)o2)[C@H]1c1cccc(Cl)c1. The van der Waals surface area contributed by atoms with Crippen molar-refractivity contribution >= 4 is 23.3 Å². The lowest BCUT2D eigenvalue weighted by Crippen LogP contribution is -2.34. The quantitative estimate of drug-likeness (QED) is 0.590. The highest BCUT2D eigenvalue weighted by Crippen LogP contribution is 2.39. The van der Waals surface area contributed by atoms with Crippen molar-refractivity contribution in [2.24, 2.45) is 0 Å². The van der Waals surface area contributed by atoms with Gasteiger partial charge in [0.25, 0.3) is 5.91 Å². The van der Waals surface area contributed by atoms with E-state index in [4.69, 9.17) is 16.0 Å². The number of benzene rings is 1. The molecule has 1 N–H and O–H groups in total. The fraction of sp³-hybridized carbons (Fsp3) is 0.391. The fourth-order valence-corrected chi connectivity index (χ4v) is 4.03. The van der Waals surface area contributed by atoms with Gasteiger partial charge in [0, 0.05) is 11.6 Å². The van der Waals surface area contributed by atoms with E-state index in [2.05, 4.69) is 18.7 Å². The van der Waals surface area contributed by atoms with Crippen LogP contribution in [0.25, 0.3) is 0 Å². The first kappa shape index (κ1) is 22.1. The van der Waals surface area contributed by atoms with Crippen LogP contribution < -0.4 is 0 Å². The standard InChI is InChI=1S/C23H27ClN2O4/c1-4-25(5-2)12-7-13-26-20(16-8-6-9-17(24)14-16)19(22(28)23(26)29)21(27)18-11-10-15(3)30-18/h6,8-11,14,20,28H,4-5,7,12-13H2,1-3H3/t20-/m1/s1. The molecule has 3 rings (SSSR count). The van der Waals surface area contributed by atoms with Gasteiger partial charge in [0.2, 0.25) is 5.78 Å². The smallest absolute Gasteiger partial charge is 0.290 e. The zero-order valence-corrected chi connectivity index (χ0v) is 18.3. The van der Waals surface area contributed by atoms with E-state index in [0.29, 0.717) is 22.9 Å². The van der Waals surface area contributed by atoms with Crippen molar-refractivity contribution in [3.8, 4) is 0 Å². The average Bonchev–Trinajstić information content (AvgIpc) is 3.27. The Labute approximate surface area is 181 Å². The second kappa shape index (κ2) is 9.49. The van der Waals surface area contributed by atoms with Gasteiger partial charge in [-0.1, -0.05) is 37.6 Å². The van der Waals surface area contributed by atoms with Crippen LogP contribution in [0.15, 0.2) is 52.1 Å². The van der Waals surface area contributed by atoms with Crippen molar-refractivity contribution in [3.05, 3.63) is 69.8 Å². The normalized spacial score (nSPS) is 16.8. The summed E-state index contributed by atoms with van der Waals surface area (Å²) in [5, 5.41) is 11.1. The molecule has 0 saturated heterocycles. The molecule has 1 aliphatic heterocycles. The van der Waals surface area contributed by atoms with E-state index in [1.807, 2.05) is 0 Å². The first-order chi connectivity index (χ1) is 14.4. The van der Waals surface area contributed by atoms with Crippen molar-refractivity contribution in [1.82, 2.24) is 9.80 Å². The van der Waals surface area contributed by atoms with Gasteiger partial charge < -0.3 is 19.3 Å². The van der Waals surface area contributed by atoms with Crippen LogP contribution in [-0.4, -0.2) is 52.8 Å². The number of hydrogen-bond acceptors (Lipinski definition) is 5. The maximum Gasteiger partial charge on any atom is 0.290 e. The fourth-order valence-electron chi connectivity index (χ4n) is 3.83. The van der Waals surface area contributed by atoms with Gasteiger partial charge in [-0.25, -0.2) is 0 Å². The molecule has 2 aromatic rings. The van der Waals surface area contributed by atoms with Gasteiger partial charge in [-0.15, -0.1) is 0 Å². The Bertz CT molecular complexity index is 962. The maximum absolute atomic E-state index is 13.2. The summed E-state index contributed by atoms with van der Waals surface area (Å²) in [5.41, 5.74) is 0.703. The van der Waals surface area contributed by atoms with E-state index >= 15 is 0 Å². The molecule has 1 amide bonds. The van der Waals surface area contributed by atoms with Crippen LogP contribution >= 0.6 is 11.6 Å². The molecular weight excluding hydrogens is 404 g/mol. The van der Waals surface area contributed by atoms with E-state index in [-0.39, 0.29) is 11.3 Å². The summed E-state index contributed by atoms with van der Waals surface area (Å²) in [6.45, 7) is 8.99. The second-order valence-electron chi connectivity index (χ2n) is 7.34. The van der Waals surface area contributed by atoms with E-state index < -0.39 is 23.5 Å². The molecular formula is C23H27ClN2O4. The van der Waals surface area contributed by atoms with E-state index in [1.165, 1.54) is 0 Å². The average molecular weight is 431 g/mol. The third-order valence-electron chi connectivity index (χ3n) is 5.44. The molecule has 2 heterocycles. The van der Waals surface area contributed by atoms with Gasteiger partial charge in [0.1, 0.15) is 5.76 Å². The minimum atomic E-state index is -0.717. The number of aryl methyl sites for hydroxylation is 1. The van der Waals surface area contributed by atoms with Gasteiger partial charge >= 0.3 is 0 Å². The number of amides is 1. The molecule has 0 fully saturated rings. The Balaban J connectivity index is 1.95. The van der Waals surface area contributed by atoms with Crippen LogP contribution in [-0.2, 0) is 4.79 Å². The van der Waals surface area contributed by atoms with Crippen molar-refractivity contribution in [1.29, 1.82) is 0 Å². The molecule has 1 aromatic carbocycles. The van der Waals surface area contributed by atoms with Crippen molar-refractivity contribution in [3.63, 3.8) is 0 Å². The Morgan fingerprint density at radius 1 is 1.23 bits per heavy atom. The third-order valence-corrected chi connectivity index (χ3v) is 5.68. The second-order valence-corrected chi connectivity index (χ2v) is 7.77. The molecule has 30 heavy (non-hydrogen) atoms. The molecule has 6 nitrogen and oxygen atoms in total. The number of carbonyl (C=O) groups excluding carboxylic acids is 2. The molecule has 0 unspecified atom stereocenters. The molecule has 0 spiro atoms. The van der Waals surface area contributed by atoms with Crippen molar-refractivity contribution in [2.45, 2.75) is 33.2 Å². The first-order valence-electron chi connectivity index (χ1n) is 10.2. The van der Waals surface area contributed by atoms with Crippen LogP contribution in [0.4, 0.5) is 0 Å². The van der Waals surface area contributed by atoms with Gasteiger partial charge in [0.05, 0.1) is 11.6 Å². The number of ketones is 1. The zero-order chi connectivity index (χ0) is 21.8. The minimum absolute atomic E-state index is 0.0273. The molecule has 1 aliphatic rings. The van der Waals surface area contributed by atoms with Crippen LogP contribution in [0, 0.1) is 6.92 Å². The molecule has 7 heteroatoms. The molecule has 1 aromatic heterocycles. The molecule has 0 bridgehead atoms. The number of Topliss-reactive ketones (excluding diaryl/α,β-unsaturated/α-hetero) is 1. The van der Waals surface area contributed by atoms with Crippen LogP contribution in [0.5, 0.6) is 0 Å². The Hall–Kier alpha value is -2.57. The summed E-state index contributed by atoms with van der Waals surface area (Å²) in [7, 11) is 0. The predicted molar refractivity (Wildman–Crippen MR) is 116 cm³/mol. The van der Waals surface area contributed by atoms with Crippen LogP contribution in [0.3, 0.4) is 0 Å². The minimum Gasteiger partial charge on any atom is -0.503 e. The number of nitrogens with zero attached hydrogens (tertiary/aromatic N) is 2. The highest BCUT2D eigenvalue weighted by molar-refractivity contribution is 6.30. The summed E-state index contributed by atoms with van der Waals surface area (Å²) >= 11 is 6.18. The highest BCUT2D eigenvalue weighted by Gasteiger charge is 2.44. The highest BCUT2D eigenvalue weighted by atomic mass is 35.5. The van der Waals surface area contributed by atoms with Gasteiger partial charge in [-0.3, -0.25) is 9.59 Å².